The molecule has 3 amide bonds. The number of ether oxygens (including phenoxy) is 3. The lowest BCUT2D eigenvalue weighted by Gasteiger charge is -2.50. The molecule has 0 radical (unpaired) electrons. The number of carbonyl (C=O) groups excluding carboxylic acids is 4. The van der Waals surface area contributed by atoms with Gasteiger partial charge in [-0.25, -0.2) is 9.59 Å². The van der Waals surface area contributed by atoms with Crippen LogP contribution in [0.1, 0.15) is 50.0 Å². The fourth-order valence-electron chi connectivity index (χ4n) is 6.17. The van der Waals surface area contributed by atoms with E-state index >= 15 is 0 Å². The predicted molar refractivity (Wildman–Crippen MR) is 185 cm³/mol. The number of carbonyl (C=O) groups is 4. The first-order valence-corrected chi connectivity index (χ1v) is 17.2. The number of β-lactam (4-membered cyclic amide) rings is 1. The quantitative estimate of drug-likeness (QED) is 0.174. The van der Waals surface area contributed by atoms with Crippen molar-refractivity contribution in [3.05, 3.63) is 124 Å². The normalized spacial score (nSPS) is 19.9. The van der Waals surface area contributed by atoms with Crippen LogP contribution in [-0.2, 0) is 30.3 Å². The fraction of sp³-hybridized carbons (Fsp3) is 0.316. The highest BCUT2D eigenvalue weighted by atomic mass is 32.2. The van der Waals surface area contributed by atoms with Crippen LogP contribution in [-0.4, -0.2) is 65.2 Å². The van der Waals surface area contributed by atoms with E-state index in [9.17, 15) is 19.2 Å². The van der Waals surface area contributed by atoms with Crippen LogP contribution in [0.25, 0.3) is 0 Å². The minimum atomic E-state index is -0.907. The van der Waals surface area contributed by atoms with Gasteiger partial charge in [0.2, 0.25) is 5.91 Å². The van der Waals surface area contributed by atoms with Crippen molar-refractivity contribution in [3.8, 4) is 5.75 Å². The van der Waals surface area contributed by atoms with E-state index < -0.39 is 41.1 Å². The van der Waals surface area contributed by atoms with E-state index in [0.717, 1.165) is 16.7 Å². The number of methoxy groups -OCH3 is 1. The molecule has 0 aromatic heterocycles. The molecule has 3 heterocycles. The summed E-state index contributed by atoms with van der Waals surface area (Å²) in [6.45, 7) is 5.70. The van der Waals surface area contributed by atoms with Gasteiger partial charge >= 0.3 is 12.1 Å². The lowest BCUT2D eigenvalue weighted by atomic mass is 9.90. The van der Waals surface area contributed by atoms with Crippen molar-refractivity contribution in [3.63, 3.8) is 0 Å². The molecule has 10 nitrogen and oxygen atoms in total. The van der Waals surface area contributed by atoms with Crippen molar-refractivity contribution in [1.29, 1.82) is 0 Å². The zero-order valence-corrected chi connectivity index (χ0v) is 28.7. The van der Waals surface area contributed by atoms with Gasteiger partial charge in [0.1, 0.15) is 28.5 Å². The van der Waals surface area contributed by atoms with Crippen LogP contribution in [0.15, 0.2) is 107 Å². The molecule has 0 saturated carbocycles. The van der Waals surface area contributed by atoms with Crippen LogP contribution in [0, 0.1) is 0 Å². The van der Waals surface area contributed by atoms with E-state index in [1.54, 1.807) is 27.9 Å². The van der Waals surface area contributed by atoms with Crippen LogP contribution < -0.4 is 15.4 Å². The van der Waals surface area contributed by atoms with Crippen molar-refractivity contribution < 1.29 is 33.4 Å². The number of nitrogens with one attached hydrogen (secondary N) is 2. The van der Waals surface area contributed by atoms with Crippen molar-refractivity contribution in [2.24, 2.45) is 0 Å². The van der Waals surface area contributed by atoms with Gasteiger partial charge in [-0.3, -0.25) is 14.5 Å². The summed E-state index contributed by atoms with van der Waals surface area (Å²) in [4.78, 5) is 55.9. The number of amides is 3. The van der Waals surface area contributed by atoms with Gasteiger partial charge in [-0.15, -0.1) is 11.8 Å². The molecule has 2 N–H and O–H groups in total. The van der Waals surface area contributed by atoms with E-state index in [2.05, 4.69) is 10.6 Å². The van der Waals surface area contributed by atoms with Crippen molar-refractivity contribution in [2.45, 2.75) is 56.7 Å². The second-order valence-electron chi connectivity index (χ2n) is 13.0. The lowest BCUT2D eigenvalue weighted by Crippen LogP contribution is -2.70. The minimum absolute atomic E-state index is 0.0727. The molecule has 2 fully saturated rings. The highest BCUT2D eigenvalue weighted by Crippen LogP contribution is 2.45. The molecular weight excluding hydrogens is 642 g/mol. The number of rotatable bonds is 9. The highest BCUT2D eigenvalue weighted by molar-refractivity contribution is 8.00. The lowest BCUT2D eigenvalue weighted by molar-refractivity contribution is -0.153. The molecule has 3 aliphatic rings. The van der Waals surface area contributed by atoms with E-state index in [0.29, 0.717) is 47.6 Å². The van der Waals surface area contributed by atoms with Crippen LogP contribution in [0.3, 0.4) is 0 Å². The highest BCUT2D eigenvalue weighted by Gasteiger charge is 2.55. The van der Waals surface area contributed by atoms with Gasteiger partial charge < -0.3 is 24.8 Å². The second kappa shape index (κ2) is 14.2. The summed E-state index contributed by atoms with van der Waals surface area (Å²) >= 11 is 1.41. The summed E-state index contributed by atoms with van der Waals surface area (Å²) in [6, 6.07) is 25.4. The zero-order chi connectivity index (χ0) is 34.7. The van der Waals surface area contributed by atoms with E-state index in [1.165, 1.54) is 16.7 Å². The molecule has 0 bridgehead atoms. The summed E-state index contributed by atoms with van der Waals surface area (Å²) in [5, 5.41) is 5.01. The molecule has 2 saturated heterocycles. The predicted octanol–water partition coefficient (Wildman–Crippen LogP) is 5.45. The molecule has 3 aromatic carbocycles. The molecule has 254 valence electrons. The van der Waals surface area contributed by atoms with Gasteiger partial charge in [0.25, 0.3) is 5.91 Å². The number of allylic oxidation sites excluding steroid dienone is 1. The first kappa shape index (κ1) is 33.9. The number of nitrogens with zero attached hydrogens (tertiary/aromatic N) is 1. The molecule has 0 aliphatic carbocycles. The molecule has 11 heteroatoms. The Morgan fingerprint density at radius 2 is 1.59 bits per heavy atom. The van der Waals surface area contributed by atoms with Crippen LogP contribution in [0.5, 0.6) is 5.75 Å². The van der Waals surface area contributed by atoms with Gasteiger partial charge in [-0.1, -0.05) is 72.8 Å². The first-order valence-electron chi connectivity index (χ1n) is 16.2. The third-order valence-electron chi connectivity index (χ3n) is 8.47. The van der Waals surface area contributed by atoms with Crippen LogP contribution >= 0.6 is 11.8 Å². The Hall–Kier alpha value is -5.03. The molecule has 3 aliphatic heterocycles. The maximum absolute atomic E-state index is 14.6. The largest absolute Gasteiger partial charge is 0.497 e. The number of thioether (sulfide) groups is 1. The maximum Gasteiger partial charge on any atom is 0.408 e. The van der Waals surface area contributed by atoms with E-state index in [1.807, 2.05) is 84.9 Å². The summed E-state index contributed by atoms with van der Waals surface area (Å²) in [5.74, 6) is -0.378. The molecule has 0 unspecified atom stereocenters. The fourth-order valence-corrected chi connectivity index (χ4v) is 7.56. The number of esters is 1. The van der Waals surface area contributed by atoms with E-state index in [-0.39, 0.29) is 11.6 Å². The van der Waals surface area contributed by atoms with Crippen molar-refractivity contribution >= 4 is 35.6 Å². The van der Waals surface area contributed by atoms with Crippen molar-refractivity contribution in [1.82, 2.24) is 15.5 Å². The van der Waals surface area contributed by atoms with Gasteiger partial charge in [-0.05, 0) is 73.6 Å². The Morgan fingerprint density at radius 3 is 2.14 bits per heavy atom. The molecule has 0 spiro atoms. The Kier molecular flexibility index (Phi) is 9.82. The molecular formula is C38H39N3O7S. The van der Waals surface area contributed by atoms with Crippen LogP contribution in [0.2, 0.25) is 0 Å². The molecule has 2 atom stereocenters. The number of hydrogen-bond donors (Lipinski definition) is 2. The van der Waals surface area contributed by atoms with Gasteiger partial charge in [0.05, 0.1) is 7.11 Å². The van der Waals surface area contributed by atoms with Crippen LogP contribution in [0.4, 0.5) is 4.79 Å². The molecule has 3 aromatic rings. The van der Waals surface area contributed by atoms with Gasteiger partial charge in [-0.2, -0.15) is 0 Å². The second-order valence-corrected chi connectivity index (χ2v) is 14.1. The number of benzene rings is 3. The minimum Gasteiger partial charge on any atom is -0.497 e. The molecule has 49 heavy (non-hydrogen) atoms. The average Bonchev–Trinajstić information content (AvgIpc) is 3.53. The van der Waals surface area contributed by atoms with E-state index in [4.69, 9.17) is 14.2 Å². The monoisotopic (exact) mass is 681 g/mol. The smallest absolute Gasteiger partial charge is 0.408 e. The SMILES string of the molecule is COc1ccc(CC(=C2CCNC2=O)C2=C(C(=O)OC(c3ccccc3)c3ccccc3)N3C(=O)[C@@H](NC(=O)OC(C)(C)C)[C@H]3SC2)cc1. The van der Waals surface area contributed by atoms with Gasteiger partial charge in [0, 0.05) is 17.9 Å². The molecule has 6 rings (SSSR count). The Balaban J connectivity index is 1.43. The third-order valence-corrected chi connectivity index (χ3v) is 9.75. The summed E-state index contributed by atoms with van der Waals surface area (Å²) in [5.41, 5.74) is 3.53. The van der Waals surface area contributed by atoms with Gasteiger partial charge in [0.15, 0.2) is 6.10 Å². The standard InChI is InChI=1S/C38H39N3O7S/c1-38(2,3)48-37(45)40-30-34(43)41-31(36(44)47-32(24-11-7-5-8-12-24)25-13-9-6-10-14-25)29(22-49-35(30)41)28(27-19-20-39-33(27)42)21-23-15-17-26(46-4)18-16-23/h5-18,30,32,35H,19-22H2,1-4H3,(H,39,42)(H,40,45)/t30-,35-/m1/s1. The maximum atomic E-state index is 14.6. The van der Waals surface area contributed by atoms with Crippen molar-refractivity contribution in [2.75, 3.05) is 19.4 Å². The Morgan fingerprint density at radius 1 is 0.959 bits per heavy atom. The number of hydrogen-bond acceptors (Lipinski definition) is 8. The Labute approximate surface area is 289 Å². The third kappa shape index (κ3) is 7.36. The summed E-state index contributed by atoms with van der Waals surface area (Å²) in [7, 11) is 1.59. The topological polar surface area (TPSA) is 123 Å². The number of fused-ring (bicyclic) bond motifs is 1. The summed E-state index contributed by atoms with van der Waals surface area (Å²) < 4.78 is 17.1. The average molecular weight is 682 g/mol. The summed E-state index contributed by atoms with van der Waals surface area (Å²) in [6.07, 6.45) is -0.677. The number of alkyl carbamates (subject to hydrolysis) is 1. The Bertz CT molecular complexity index is 1760. The zero-order valence-electron chi connectivity index (χ0n) is 27.9. The first-order chi connectivity index (χ1) is 23.5.